The van der Waals surface area contributed by atoms with Crippen LogP contribution >= 0.6 is 0 Å². The van der Waals surface area contributed by atoms with E-state index in [4.69, 9.17) is 0 Å². The number of hydrogen-bond donors (Lipinski definition) is 2. The van der Waals surface area contributed by atoms with Gasteiger partial charge in [0, 0.05) is 16.9 Å². The summed E-state index contributed by atoms with van der Waals surface area (Å²) in [6, 6.07) is 13.5. The maximum absolute atomic E-state index is 12.5. The lowest BCUT2D eigenvalue weighted by Gasteiger charge is -2.21. The highest BCUT2D eigenvalue weighted by molar-refractivity contribution is 7.89. The summed E-state index contributed by atoms with van der Waals surface area (Å²) in [6.45, 7) is 5.51. The van der Waals surface area contributed by atoms with Crippen molar-refractivity contribution < 1.29 is 8.42 Å². The van der Waals surface area contributed by atoms with Crippen LogP contribution in [0.4, 0.5) is 11.4 Å². The van der Waals surface area contributed by atoms with Crippen LogP contribution in [-0.2, 0) is 22.9 Å². The van der Waals surface area contributed by atoms with Crippen molar-refractivity contribution in [1.29, 1.82) is 0 Å². The number of sulfonamides is 1. The highest BCUT2D eigenvalue weighted by Gasteiger charge is 2.23. The molecule has 0 aliphatic carbocycles. The molecule has 0 fully saturated rings. The molecule has 0 aromatic heterocycles. The minimum Gasteiger partial charge on any atom is -0.355 e. The van der Waals surface area contributed by atoms with Gasteiger partial charge in [0.05, 0.1) is 4.90 Å². The summed E-state index contributed by atoms with van der Waals surface area (Å²) < 4.78 is 27.8. The number of nitrogens with one attached hydrogen (secondary N) is 2. The summed E-state index contributed by atoms with van der Waals surface area (Å²) in [5.74, 6) is 0. The maximum Gasteiger partial charge on any atom is 0.241 e. The van der Waals surface area contributed by atoms with Gasteiger partial charge in [-0.25, -0.2) is 13.1 Å². The molecule has 5 heteroatoms. The van der Waals surface area contributed by atoms with E-state index in [-0.39, 0.29) is 4.90 Å². The predicted molar refractivity (Wildman–Crippen MR) is 93.6 cm³/mol. The van der Waals surface area contributed by atoms with Gasteiger partial charge in [-0.1, -0.05) is 24.3 Å². The van der Waals surface area contributed by atoms with Gasteiger partial charge in [0.1, 0.15) is 0 Å². The molecule has 0 radical (unpaired) electrons. The van der Waals surface area contributed by atoms with E-state index in [0.29, 0.717) is 0 Å². The van der Waals surface area contributed by atoms with Crippen LogP contribution in [0.3, 0.4) is 0 Å². The van der Waals surface area contributed by atoms with Crippen molar-refractivity contribution in [2.24, 2.45) is 0 Å². The van der Waals surface area contributed by atoms with E-state index in [1.54, 1.807) is 12.1 Å². The normalized spacial score (nSPS) is 14.4. The number of rotatable bonds is 2. The third kappa shape index (κ3) is 3.57. The Morgan fingerprint density at radius 2 is 1.61 bits per heavy atom. The van der Waals surface area contributed by atoms with Gasteiger partial charge in [-0.15, -0.1) is 0 Å². The number of benzene rings is 2. The zero-order valence-electron chi connectivity index (χ0n) is 13.7. The van der Waals surface area contributed by atoms with E-state index in [1.807, 2.05) is 45.0 Å². The Balaban J connectivity index is 1.99. The molecule has 1 heterocycles. The molecule has 1 aliphatic rings. The van der Waals surface area contributed by atoms with Gasteiger partial charge in [0.15, 0.2) is 0 Å². The van der Waals surface area contributed by atoms with Gasteiger partial charge in [-0.05, 0) is 62.9 Å². The molecule has 0 spiro atoms. The number of hydrogen-bond acceptors (Lipinski definition) is 3. The molecule has 0 atom stereocenters. The lowest BCUT2D eigenvalue weighted by molar-refractivity contribution is 0.491. The van der Waals surface area contributed by atoms with E-state index in [0.717, 1.165) is 29.8 Å². The average molecular weight is 330 g/mol. The second-order valence-corrected chi connectivity index (χ2v) is 8.64. The van der Waals surface area contributed by atoms with Crippen LogP contribution in [-0.4, -0.2) is 14.0 Å². The second kappa shape index (κ2) is 5.65. The quantitative estimate of drug-likeness (QED) is 0.884. The molecule has 122 valence electrons. The molecule has 4 nitrogen and oxygen atoms in total. The Morgan fingerprint density at radius 3 is 2.30 bits per heavy atom. The predicted octanol–water partition coefficient (Wildman–Crippen LogP) is 3.61. The van der Waals surface area contributed by atoms with Crippen LogP contribution in [0.2, 0.25) is 0 Å². The molecule has 3 rings (SSSR count). The Hall–Kier alpha value is -1.85. The van der Waals surface area contributed by atoms with E-state index in [1.165, 1.54) is 5.56 Å². The molecular formula is C18H22N2O2S. The number of anilines is 2. The van der Waals surface area contributed by atoms with Crippen LogP contribution in [0.15, 0.2) is 47.4 Å². The third-order valence-electron chi connectivity index (χ3n) is 3.78. The van der Waals surface area contributed by atoms with Crippen LogP contribution in [0.1, 0.15) is 31.9 Å². The standard InChI is InChI=1S/C18H22N2O2S/c1-18(2,3)20-23(21,22)15-11-10-14-9-8-13-6-4-5-7-16(13)19-17(14)12-15/h4-7,10-12,19-20H,8-9H2,1-3H3. The van der Waals surface area contributed by atoms with Crippen molar-refractivity contribution in [2.75, 3.05) is 5.32 Å². The molecule has 0 saturated heterocycles. The van der Waals surface area contributed by atoms with E-state index in [2.05, 4.69) is 16.1 Å². The number of fused-ring (bicyclic) bond motifs is 2. The number of para-hydroxylation sites is 1. The van der Waals surface area contributed by atoms with Gasteiger partial charge in [-0.3, -0.25) is 0 Å². The smallest absolute Gasteiger partial charge is 0.241 e. The first kappa shape index (κ1) is 16.0. The zero-order chi connectivity index (χ0) is 16.7. The molecule has 1 aliphatic heterocycles. The Kier molecular flexibility index (Phi) is 3.94. The third-order valence-corrected chi connectivity index (χ3v) is 5.54. The van der Waals surface area contributed by atoms with Gasteiger partial charge < -0.3 is 5.32 Å². The van der Waals surface area contributed by atoms with Gasteiger partial charge in [0.2, 0.25) is 10.0 Å². The molecule has 0 bridgehead atoms. The molecular weight excluding hydrogens is 308 g/mol. The average Bonchev–Trinajstić information content (AvgIpc) is 2.63. The van der Waals surface area contributed by atoms with Crippen LogP contribution in [0, 0.1) is 0 Å². The van der Waals surface area contributed by atoms with E-state index >= 15 is 0 Å². The minimum atomic E-state index is -3.53. The molecule has 0 amide bonds. The van der Waals surface area contributed by atoms with Crippen molar-refractivity contribution in [3.05, 3.63) is 53.6 Å². The Bertz CT molecular complexity index is 836. The lowest BCUT2D eigenvalue weighted by atomic mass is 10.0. The molecule has 2 aromatic carbocycles. The first-order chi connectivity index (χ1) is 10.7. The summed E-state index contributed by atoms with van der Waals surface area (Å²) in [7, 11) is -3.53. The number of aryl methyl sites for hydroxylation is 2. The molecule has 0 unspecified atom stereocenters. The SMILES string of the molecule is CC(C)(C)NS(=O)(=O)c1ccc2c(c1)Nc1ccccc1CC2. The Morgan fingerprint density at radius 1 is 0.957 bits per heavy atom. The van der Waals surface area contributed by atoms with E-state index < -0.39 is 15.6 Å². The summed E-state index contributed by atoms with van der Waals surface area (Å²) in [6.07, 6.45) is 1.84. The molecule has 23 heavy (non-hydrogen) atoms. The minimum absolute atomic E-state index is 0.290. The summed E-state index contributed by atoms with van der Waals surface area (Å²) >= 11 is 0. The van der Waals surface area contributed by atoms with Gasteiger partial charge in [0.25, 0.3) is 0 Å². The van der Waals surface area contributed by atoms with Crippen LogP contribution in [0.5, 0.6) is 0 Å². The fraction of sp³-hybridized carbons (Fsp3) is 0.333. The largest absolute Gasteiger partial charge is 0.355 e. The Labute approximate surface area is 138 Å². The lowest BCUT2D eigenvalue weighted by Crippen LogP contribution is -2.40. The first-order valence-electron chi connectivity index (χ1n) is 7.76. The van der Waals surface area contributed by atoms with Crippen LogP contribution in [0.25, 0.3) is 0 Å². The zero-order valence-corrected chi connectivity index (χ0v) is 14.5. The maximum atomic E-state index is 12.5. The molecule has 0 saturated carbocycles. The summed E-state index contributed by atoms with van der Waals surface area (Å²) in [5.41, 5.74) is 3.79. The second-order valence-electron chi connectivity index (χ2n) is 6.96. The van der Waals surface area contributed by atoms with Crippen molar-refractivity contribution in [3.63, 3.8) is 0 Å². The van der Waals surface area contributed by atoms with Gasteiger partial charge >= 0.3 is 0 Å². The van der Waals surface area contributed by atoms with Crippen molar-refractivity contribution in [3.8, 4) is 0 Å². The van der Waals surface area contributed by atoms with Crippen molar-refractivity contribution in [1.82, 2.24) is 4.72 Å². The first-order valence-corrected chi connectivity index (χ1v) is 9.25. The van der Waals surface area contributed by atoms with Crippen molar-refractivity contribution in [2.45, 2.75) is 44.0 Å². The topological polar surface area (TPSA) is 58.2 Å². The van der Waals surface area contributed by atoms with Crippen molar-refractivity contribution >= 4 is 21.4 Å². The monoisotopic (exact) mass is 330 g/mol. The summed E-state index contributed by atoms with van der Waals surface area (Å²) in [5, 5.41) is 3.39. The molecule has 2 aromatic rings. The summed E-state index contributed by atoms with van der Waals surface area (Å²) in [4.78, 5) is 0.290. The molecule has 2 N–H and O–H groups in total. The van der Waals surface area contributed by atoms with Crippen LogP contribution < -0.4 is 10.0 Å². The fourth-order valence-corrected chi connectivity index (χ4v) is 4.24. The fourth-order valence-electron chi connectivity index (χ4n) is 2.79. The highest BCUT2D eigenvalue weighted by atomic mass is 32.2. The highest BCUT2D eigenvalue weighted by Crippen LogP contribution is 2.31. The van der Waals surface area contributed by atoms with E-state index in [9.17, 15) is 8.42 Å². The van der Waals surface area contributed by atoms with Gasteiger partial charge in [-0.2, -0.15) is 0 Å².